The molecular weight excluding hydrogens is 739 g/mol. The molecule has 1 N–H and O–H groups in total. The standard InChI is InChI=1S/C24H24NS.C15H28O2.Ir/c1-15-10-16(2)12-17(11-15)22-20-7-6-19-18(13-24(3,4)5)14-26-23(19)21(20)8-9-25-22;1-7-14(5,8-2)12(16)11-13(17)15(6,9-3)10-4;/h6-11,14H,13H2,1-5H3;11,16H,7-10H2,1-6H3;/q-1;;/b;12-11-;. The molecule has 0 saturated carbocycles. The Morgan fingerprint density at radius 3 is 2.02 bits per heavy atom. The Bertz CT molecular complexity index is 1580. The molecule has 44 heavy (non-hydrogen) atoms. The molecule has 0 bridgehead atoms. The number of carbonyl (C=O) groups is 1. The number of ketones is 1. The third-order valence-corrected chi connectivity index (χ3v) is 10.4. The largest absolute Gasteiger partial charge is 0.512 e. The molecule has 3 nitrogen and oxygen atoms in total. The van der Waals surface area contributed by atoms with Crippen LogP contribution in [0.4, 0.5) is 0 Å². The van der Waals surface area contributed by atoms with Crippen molar-refractivity contribution in [1.29, 1.82) is 0 Å². The summed E-state index contributed by atoms with van der Waals surface area (Å²) < 4.78 is 1.37. The number of rotatable bonds is 9. The van der Waals surface area contributed by atoms with Crippen molar-refractivity contribution in [2.24, 2.45) is 16.2 Å². The first kappa shape index (κ1) is 37.9. The van der Waals surface area contributed by atoms with Crippen LogP contribution in [0.1, 0.15) is 105 Å². The summed E-state index contributed by atoms with van der Waals surface area (Å²) in [4.78, 5) is 16.9. The van der Waals surface area contributed by atoms with Crippen molar-refractivity contribution in [3.8, 4) is 11.3 Å². The molecule has 0 fully saturated rings. The van der Waals surface area contributed by atoms with Gasteiger partial charge in [-0.25, -0.2) is 0 Å². The van der Waals surface area contributed by atoms with E-state index in [1.807, 2.05) is 59.1 Å². The molecule has 5 heteroatoms. The van der Waals surface area contributed by atoms with Crippen LogP contribution in [-0.2, 0) is 31.3 Å². The van der Waals surface area contributed by atoms with Gasteiger partial charge in [0.25, 0.3) is 0 Å². The third kappa shape index (κ3) is 8.68. The maximum Gasteiger partial charge on any atom is 0.164 e. The molecular formula is C39H52IrNO2S-. The predicted molar refractivity (Wildman–Crippen MR) is 187 cm³/mol. The minimum atomic E-state index is -0.337. The van der Waals surface area contributed by atoms with E-state index in [0.717, 1.165) is 48.9 Å². The Labute approximate surface area is 283 Å². The van der Waals surface area contributed by atoms with Crippen molar-refractivity contribution in [3.05, 3.63) is 76.5 Å². The average Bonchev–Trinajstić information content (AvgIpc) is 3.37. The number of nitrogens with zero attached hydrogens (tertiary/aromatic N) is 1. The van der Waals surface area contributed by atoms with Gasteiger partial charge in [0.2, 0.25) is 0 Å². The molecule has 2 aromatic carbocycles. The maximum absolute atomic E-state index is 12.2. The topological polar surface area (TPSA) is 50.2 Å². The van der Waals surface area contributed by atoms with E-state index < -0.39 is 0 Å². The number of pyridine rings is 1. The molecule has 0 amide bonds. The van der Waals surface area contributed by atoms with Crippen LogP contribution in [0.15, 0.2) is 53.7 Å². The molecule has 1 radical (unpaired) electrons. The molecule has 2 heterocycles. The van der Waals surface area contributed by atoms with Gasteiger partial charge in [-0.1, -0.05) is 88.3 Å². The molecule has 0 saturated heterocycles. The number of aryl methyl sites for hydroxylation is 2. The van der Waals surface area contributed by atoms with Crippen LogP contribution in [0.2, 0.25) is 0 Å². The van der Waals surface area contributed by atoms with Gasteiger partial charge in [-0.3, -0.25) is 4.79 Å². The summed E-state index contributed by atoms with van der Waals surface area (Å²) in [7, 11) is 0. The maximum atomic E-state index is 12.2. The monoisotopic (exact) mass is 791 g/mol. The number of hydrogen-bond acceptors (Lipinski definition) is 4. The van der Waals surface area contributed by atoms with Crippen LogP contribution in [0.5, 0.6) is 0 Å². The van der Waals surface area contributed by atoms with Crippen molar-refractivity contribution in [2.75, 3.05) is 0 Å². The fourth-order valence-electron chi connectivity index (χ4n) is 5.43. The van der Waals surface area contributed by atoms with E-state index in [9.17, 15) is 9.90 Å². The number of thiophene rings is 1. The van der Waals surface area contributed by atoms with E-state index >= 15 is 0 Å². The molecule has 0 aliphatic carbocycles. The molecule has 4 aromatic rings. The predicted octanol–water partition coefficient (Wildman–Crippen LogP) is 11.8. The third-order valence-electron chi connectivity index (χ3n) is 9.29. The molecule has 0 atom stereocenters. The normalized spacial score (nSPS) is 12.6. The summed E-state index contributed by atoms with van der Waals surface area (Å²) in [5, 5.41) is 16.4. The Morgan fingerprint density at radius 1 is 0.886 bits per heavy atom. The second kappa shape index (κ2) is 15.3. The molecule has 2 aromatic heterocycles. The quantitative estimate of drug-likeness (QED) is 0.104. The van der Waals surface area contributed by atoms with Crippen LogP contribution in [0.3, 0.4) is 0 Å². The zero-order valence-corrected chi connectivity index (χ0v) is 31.9. The minimum absolute atomic E-state index is 0. The Balaban J connectivity index is 0.000000331. The number of benzene rings is 2. The van der Waals surface area contributed by atoms with Gasteiger partial charge < -0.3 is 10.1 Å². The molecule has 0 aliphatic rings. The first-order valence-electron chi connectivity index (χ1n) is 15.9. The van der Waals surface area contributed by atoms with Crippen LogP contribution in [0, 0.1) is 36.2 Å². The Hall–Kier alpha value is -2.33. The smallest absolute Gasteiger partial charge is 0.164 e. The summed E-state index contributed by atoms with van der Waals surface area (Å²) >= 11 is 1.86. The van der Waals surface area contributed by atoms with Gasteiger partial charge in [0.1, 0.15) is 5.76 Å². The van der Waals surface area contributed by atoms with Crippen molar-refractivity contribution in [2.45, 2.75) is 108 Å². The fraction of sp³-hybridized carbons (Fsp3) is 0.487. The van der Waals surface area contributed by atoms with Crippen molar-refractivity contribution >= 4 is 38.0 Å². The second-order valence-electron chi connectivity index (χ2n) is 13.9. The van der Waals surface area contributed by atoms with Gasteiger partial charge in [-0.2, -0.15) is 0 Å². The number of hydrogen-bond donors (Lipinski definition) is 1. The number of aliphatic hydroxyl groups excluding tert-OH is 1. The van der Waals surface area contributed by atoms with Crippen molar-refractivity contribution in [3.63, 3.8) is 0 Å². The molecule has 241 valence electrons. The van der Waals surface area contributed by atoms with Gasteiger partial charge in [-0.15, -0.1) is 46.2 Å². The van der Waals surface area contributed by atoms with Gasteiger partial charge in [0.05, 0.1) is 0 Å². The van der Waals surface area contributed by atoms with E-state index in [1.54, 1.807) is 0 Å². The van der Waals surface area contributed by atoms with E-state index in [-0.39, 0.29) is 42.5 Å². The molecule has 4 rings (SSSR count). The summed E-state index contributed by atoms with van der Waals surface area (Å²) in [5.41, 5.74) is 5.66. The second-order valence-corrected chi connectivity index (χ2v) is 14.8. The average molecular weight is 791 g/mol. The van der Waals surface area contributed by atoms with Crippen LogP contribution >= 0.6 is 11.3 Å². The zero-order valence-electron chi connectivity index (χ0n) is 28.7. The van der Waals surface area contributed by atoms with Crippen molar-refractivity contribution < 1.29 is 30.0 Å². The summed E-state index contributed by atoms with van der Waals surface area (Å²) in [6, 6.07) is 14.5. The van der Waals surface area contributed by atoms with Gasteiger partial charge >= 0.3 is 0 Å². The van der Waals surface area contributed by atoms with Gasteiger partial charge in [0, 0.05) is 47.9 Å². The minimum Gasteiger partial charge on any atom is -0.512 e. The van der Waals surface area contributed by atoms with Crippen LogP contribution in [-0.4, -0.2) is 15.9 Å². The van der Waals surface area contributed by atoms with E-state index in [1.165, 1.54) is 38.1 Å². The van der Waals surface area contributed by atoms with Crippen molar-refractivity contribution in [1.82, 2.24) is 4.98 Å². The molecule has 0 unspecified atom stereocenters. The Kier molecular flexibility index (Phi) is 13.2. The summed E-state index contributed by atoms with van der Waals surface area (Å²) in [6.45, 7) is 23.2. The SMILES string of the molecule is CCC(C)(CC)C(=O)/C=C(\O)C(C)(CC)CC.Cc1[c-]c(-c2nccc3c2ccc2c(CC(C)(C)C)csc23)cc(C)c1.[Ir]. The number of fused-ring (bicyclic) bond motifs is 3. The summed E-state index contributed by atoms with van der Waals surface area (Å²) in [6.07, 6.45) is 7.79. The number of allylic oxidation sites excluding steroid dienone is 2. The molecule has 0 spiro atoms. The Morgan fingerprint density at radius 2 is 1.48 bits per heavy atom. The van der Waals surface area contributed by atoms with Gasteiger partial charge in [-0.05, 0) is 76.4 Å². The first-order valence-corrected chi connectivity index (χ1v) is 16.7. The number of aliphatic hydroxyl groups is 1. The van der Waals surface area contributed by atoms with Crippen LogP contribution < -0.4 is 0 Å². The summed E-state index contributed by atoms with van der Waals surface area (Å²) in [5.74, 6) is 0.286. The van der Waals surface area contributed by atoms with E-state index in [0.29, 0.717) is 5.41 Å². The van der Waals surface area contributed by atoms with Gasteiger partial charge in [0.15, 0.2) is 5.78 Å². The fourth-order valence-corrected chi connectivity index (χ4v) is 6.53. The van der Waals surface area contributed by atoms with Crippen LogP contribution in [0.25, 0.3) is 32.1 Å². The zero-order chi connectivity index (χ0) is 32.2. The van der Waals surface area contributed by atoms with E-state index in [4.69, 9.17) is 4.98 Å². The molecule has 0 aliphatic heterocycles. The first-order chi connectivity index (χ1) is 20.1. The van der Waals surface area contributed by atoms with E-state index in [2.05, 4.69) is 76.4 Å². The number of aromatic nitrogens is 1. The number of carbonyl (C=O) groups excluding carboxylic acids is 1.